The molecule has 0 unspecified atom stereocenters. The van der Waals surface area contributed by atoms with Gasteiger partial charge in [0.2, 0.25) is 0 Å². The molecule has 0 bridgehead atoms. The van der Waals surface area contributed by atoms with Crippen LogP contribution in [0.3, 0.4) is 0 Å². The Hall–Kier alpha value is -1.60. The van der Waals surface area contributed by atoms with Gasteiger partial charge in [-0.2, -0.15) is 0 Å². The second kappa shape index (κ2) is 5.58. The molecule has 0 saturated carbocycles. The molecule has 19 heavy (non-hydrogen) atoms. The zero-order valence-corrected chi connectivity index (χ0v) is 12.7. The minimum atomic E-state index is -0.496. The molecule has 2 rings (SSSR count). The smallest absolute Gasteiger partial charge is 0.315 e. The predicted octanol–water partition coefficient (Wildman–Crippen LogP) is 4.45. The van der Waals surface area contributed by atoms with Crippen molar-refractivity contribution in [1.29, 1.82) is 0 Å². The van der Waals surface area contributed by atoms with Gasteiger partial charge >= 0.3 is 5.69 Å². The summed E-state index contributed by atoms with van der Waals surface area (Å²) in [5.74, 6) is 0. The molecule has 0 radical (unpaired) electrons. The average Bonchev–Trinajstić information content (AvgIpc) is 2.32. The Bertz CT molecular complexity index is 647. The summed E-state index contributed by atoms with van der Waals surface area (Å²) < 4.78 is 1.70. The zero-order valence-electron chi connectivity index (χ0n) is 9.56. The Morgan fingerprint density at radius 3 is 2.53 bits per heavy atom. The lowest BCUT2D eigenvalue weighted by Gasteiger charge is -2.10. The molecular formula is C12H9Br2N3O2. The first kappa shape index (κ1) is 13.8. The lowest BCUT2D eigenvalue weighted by atomic mass is 10.2. The first-order chi connectivity index (χ1) is 8.99. The number of nitrogens with zero attached hydrogens (tertiary/aromatic N) is 1. The van der Waals surface area contributed by atoms with Gasteiger partial charge in [0.15, 0.2) is 0 Å². The molecule has 0 aliphatic rings. The van der Waals surface area contributed by atoms with Crippen molar-refractivity contribution in [2.24, 2.45) is 0 Å². The monoisotopic (exact) mass is 385 g/mol. The average molecular weight is 387 g/mol. The highest BCUT2D eigenvalue weighted by atomic mass is 79.9. The highest BCUT2D eigenvalue weighted by Crippen LogP contribution is 2.35. The molecule has 0 fully saturated rings. The van der Waals surface area contributed by atoms with Gasteiger partial charge in [-0.15, -0.1) is 0 Å². The third-order valence-electron chi connectivity index (χ3n) is 2.45. The molecule has 0 heterocycles. The summed E-state index contributed by atoms with van der Waals surface area (Å²) in [4.78, 5) is 10.5. The molecule has 3 N–H and O–H groups in total. The summed E-state index contributed by atoms with van der Waals surface area (Å²) in [5.41, 5.74) is 6.71. The molecule has 7 heteroatoms. The van der Waals surface area contributed by atoms with Gasteiger partial charge in [0, 0.05) is 8.95 Å². The molecular weight excluding hydrogens is 378 g/mol. The maximum absolute atomic E-state index is 11.0. The van der Waals surface area contributed by atoms with Crippen molar-refractivity contribution in [3.05, 3.63) is 55.5 Å². The topological polar surface area (TPSA) is 81.2 Å². The van der Waals surface area contributed by atoms with E-state index in [-0.39, 0.29) is 11.4 Å². The van der Waals surface area contributed by atoms with E-state index in [1.165, 1.54) is 6.07 Å². The highest BCUT2D eigenvalue weighted by Gasteiger charge is 2.18. The lowest BCUT2D eigenvalue weighted by molar-refractivity contribution is -0.383. The van der Waals surface area contributed by atoms with Crippen molar-refractivity contribution in [3.63, 3.8) is 0 Å². The number of anilines is 3. The number of rotatable bonds is 3. The van der Waals surface area contributed by atoms with Crippen molar-refractivity contribution in [2.75, 3.05) is 11.1 Å². The van der Waals surface area contributed by atoms with Crippen LogP contribution in [-0.4, -0.2) is 4.92 Å². The van der Waals surface area contributed by atoms with E-state index in [9.17, 15) is 10.1 Å². The van der Waals surface area contributed by atoms with Crippen LogP contribution in [0.2, 0.25) is 0 Å². The number of nitro benzene ring substituents is 1. The first-order valence-corrected chi connectivity index (χ1v) is 6.82. The molecule has 0 aliphatic heterocycles. The van der Waals surface area contributed by atoms with E-state index in [0.717, 1.165) is 14.6 Å². The van der Waals surface area contributed by atoms with Gasteiger partial charge < -0.3 is 11.1 Å². The number of nitrogens with two attached hydrogens (primary N) is 1. The largest absolute Gasteiger partial charge is 0.393 e. The number of halogens is 2. The maximum atomic E-state index is 11.0. The molecule has 98 valence electrons. The Morgan fingerprint density at radius 2 is 1.89 bits per heavy atom. The lowest BCUT2D eigenvalue weighted by Crippen LogP contribution is -2.01. The normalized spacial score (nSPS) is 10.2. The van der Waals surface area contributed by atoms with Crippen LogP contribution in [0.5, 0.6) is 0 Å². The van der Waals surface area contributed by atoms with Crippen molar-refractivity contribution in [2.45, 2.75) is 0 Å². The van der Waals surface area contributed by atoms with Gasteiger partial charge in [0.05, 0.1) is 10.6 Å². The summed E-state index contributed by atoms with van der Waals surface area (Å²) in [6.07, 6.45) is 0. The molecule has 2 aromatic carbocycles. The number of nitrogen functional groups attached to an aromatic ring is 1. The SMILES string of the molecule is Nc1cccc(Nc2ccc(Br)cc2Br)c1[N+](=O)[O-]. The number of hydrogen-bond acceptors (Lipinski definition) is 4. The molecule has 0 aromatic heterocycles. The summed E-state index contributed by atoms with van der Waals surface area (Å²) in [5, 5.41) is 14.0. The van der Waals surface area contributed by atoms with E-state index in [1.54, 1.807) is 18.2 Å². The van der Waals surface area contributed by atoms with Crippen LogP contribution in [0.4, 0.5) is 22.7 Å². The number of benzene rings is 2. The van der Waals surface area contributed by atoms with Crippen LogP contribution in [0.1, 0.15) is 0 Å². The summed E-state index contributed by atoms with van der Waals surface area (Å²) in [6.45, 7) is 0. The number of hydrogen-bond donors (Lipinski definition) is 2. The van der Waals surface area contributed by atoms with Crippen molar-refractivity contribution < 1.29 is 4.92 Å². The Labute approximate surface area is 126 Å². The van der Waals surface area contributed by atoms with Gasteiger partial charge in [-0.25, -0.2) is 0 Å². The number of nitrogens with one attached hydrogen (secondary N) is 1. The van der Waals surface area contributed by atoms with E-state index in [0.29, 0.717) is 5.69 Å². The van der Waals surface area contributed by atoms with Gasteiger partial charge in [0.25, 0.3) is 0 Å². The second-order valence-electron chi connectivity index (χ2n) is 3.75. The summed E-state index contributed by atoms with van der Waals surface area (Å²) >= 11 is 6.74. The van der Waals surface area contributed by atoms with Crippen LogP contribution < -0.4 is 11.1 Å². The third-order valence-corrected chi connectivity index (χ3v) is 3.60. The van der Waals surface area contributed by atoms with E-state index in [2.05, 4.69) is 37.2 Å². The van der Waals surface area contributed by atoms with E-state index < -0.39 is 4.92 Å². The van der Waals surface area contributed by atoms with E-state index in [1.807, 2.05) is 12.1 Å². The molecule has 2 aromatic rings. The highest BCUT2D eigenvalue weighted by molar-refractivity contribution is 9.11. The van der Waals surface area contributed by atoms with Gasteiger partial charge in [-0.1, -0.05) is 22.0 Å². The molecule has 0 spiro atoms. The number of nitro groups is 1. The summed E-state index contributed by atoms with van der Waals surface area (Å²) in [7, 11) is 0. The van der Waals surface area contributed by atoms with Crippen LogP contribution in [0, 0.1) is 10.1 Å². The molecule has 5 nitrogen and oxygen atoms in total. The van der Waals surface area contributed by atoms with Crippen LogP contribution >= 0.6 is 31.9 Å². The molecule has 0 saturated heterocycles. The molecule has 0 aliphatic carbocycles. The van der Waals surface area contributed by atoms with Gasteiger partial charge in [0.1, 0.15) is 11.4 Å². The van der Waals surface area contributed by atoms with Crippen molar-refractivity contribution in [1.82, 2.24) is 0 Å². The van der Waals surface area contributed by atoms with Gasteiger partial charge in [-0.05, 0) is 46.3 Å². The predicted molar refractivity (Wildman–Crippen MR) is 82.6 cm³/mol. The Morgan fingerprint density at radius 1 is 1.16 bits per heavy atom. The third kappa shape index (κ3) is 3.05. The van der Waals surface area contributed by atoms with Crippen LogP contribution in [-0.2, 0) is 0 Å². The fourth-order valence-corrected chi connectivity index (χ4v) is 2.75. The Kier molecular flexibility index (Phi) is 4.06. The van der Waals surface area contributed by atoms with Crippen molar-refractivity contribution in [3.8, 4) is 0 Å². The Balaban J connectivity index is 2.44. The van der Waals surface area contributed by atoms with Crippen LogP contribution in [0.25, 0.3) is 0 Å². The second-order valence-corrected chi connectivity index (χ2v) is 5.52. The first-order valence-electron chi connectivity index (χ1n) is 5.24. The minimum absolute atomic E-state index is 0.127. The fourth-order valence-electron chi connectivity index (χ4n) is 1.60. The maximum Gasteiger partial charge on any atom is 0.315 e. The molecule has 0 atom stereocenters. The minimum Gasteiger partial charge on any atom is -0.393 e. The molecule has 0 amide bonds. The van der Waals surface area contributed by atoms with E-state index >= 15 is 0 Å². The number of para-hydroxylation sites is 1. The quantitative estimate of drug-likeness (QED) is 0.464. The zero-order chi connectivity index (χ0) is 14.0. The van der Waals surface area contributed by atoms with Crippen LogP contribution in [0.15, 0.2) is 45.3 Å². The van der Waals surface area contributed by atoms with Gasteiger partial charge in [-0.3, -0.25) is 10.1 Å². The summed E-state index contributed by atoms with van der Waals surface area (Å²) in [6, 6.07) is 10.3. The van der Waals surface area contributed by atoms with Crippen molar-refractivity contribution >= 4 is 54.6 Å². The van der Waals surface area contributed by atoms with E-state index in [4.69, 9.17) is 5.73 Å². The fraction of sp³-hybridized carbons (Fsp3) is 0. The standard InChI is InChI=1S/C12H9Br2N3O2/c13-7-4-5-10(8(14)6-7)16-11-3-1-2-9(15)12(11)17(18)19/h1-6,16H,15H2.